The summed E-state index contributed by atoms with van der Waals surface area (Å²) < 4.78 is 18.7. The molecule has 7 nitrogen and oxygen atoms in total. The first-order valence-electron chi connectivity index (χ1n) is 10.4. The van der Waals surface area contributed by atoms with Crippen molar-refractivity contribution in [2.45, 2.75) is 32.4 Å². The summed E-state index contributed by atoms with van der Waals surface area (Å²) in [7, 11) is 3.95. The summed E-state index contributed by atoms with van der Waals surface area (Å²) in [5.74, 6) is -0.591. The zero-order valence-corrected chi connectivity index (χ0v) is 23.4. The van der Waals surface area contributed by atoms with Gasteiger partial charge in [0.15, 0.2) is 5.82 Å². The van der Waals surface area contributed by atoms with Crippen LogP contribution in [-0.4, -0.2) is 69.1 Å². The monoisotopic (exact) mass is 687 g/mol. The number of carbonyl (C=O) groups is 1. The van der Waals surface area contributed by atoms with Gasteiger partial charge in [0.25, 0.3) is 11.5 Å². The number of benzene rings is 1. The van der Waals surface area contributed by atoms with Gasteiger partial charge in [-0.1, -0.05) is 11.6 Å². The average molecular weight is 688 g/mol. The van der Waals surface area contributed by atoms with Crippen LogP contribution in [0.2, 0.25) is 5.02 Å². The third-order valence-corrected chi connectivity index (χ3v) is 8.89. The van der Waals surface area contributed by atoms with Crippen LogP contribution in [0, 0.1) is 12.7 Å². The second-order valence-electron chi connectivity index (χ2n) is 8.72. The Labute approximate surface area is 219 Å². The largest absolute Gasteiger partial charge is 0.354 e. The van der Waals surface area contributed by atoms with Crippen molar-refractivity contribution in [3.63, 3.8) is 0 Å². The van der Waals surface area contributed by atoms with Crippen LogP contribution in [0.3, 0.4) is 0 Å². The van der Waals surface area contributed by atoms with Crippen molar-refractivity contribution in [3.8, 4) is 0 Å². The van der Waals surface area contributed by atoms with Crippen LogP contribution in [0.5, 0.6) is 0 Å². The SMILES string of the molecule is Cc1c(Cl)cc2c3c(c(=O)n(I)c2c1F)N(CCCN(C)C)C(=O)C1CN(I)C(C)CN31. The number of pyridine rings is 1. The predicted octanol–water partition coefficient (Wildman–Crippen LogP) is 3.83. The fourth-order valence-electron chi connectivity index (χ4n) is 4.49. The maximum Gasteiger partial charge on any atom is 0.286 e. The molecule has 1 amide bonds. The number of fused-ring (bicyclic) bond motifs is 5. The van der Waals surface area contributed by atoms with Crippen LogP contribution < -0.4 is 15.4 Å². The van der Waals surface area contributed by atoms with Gasteiger partial charge in [0.1, 0.15) is 11.7 Å². The van der Waals surface area contributed by atoms with Crippen LogP contribution in [0.4, 0.5) is 15.8 Å². The summed E-state index contributed by atoms with van der Waals surface area (Å²) >= 11 is 10.5. The minimum absolute atomic E-state index is 0.0867. The molecule has 1 aromatic heterocycles. The highest BCUT2D eigenvalue weighted by Crippen LogP contribution is 2.44. The first-order chi connectivity index (χ1) is 15.0. The van der Waals surface area contributed by atoms with Crippen LogP contribution in [0.15, 0.2) is 10.9 Å². The summed E-state index contributed by atoms with van der Waals surface area (Å²) in [6.07, 6.45) is 0.719. The molecule has 1 aromatic carbocycles. The standard InChI is InChI=1S/C21H25ClFI2N5O2/c1-11-9-28-15(10-29(11)24)20(31)27(7-5-6-26(3)4)19-18(28)13-8-14(22)12(2)16(23)17(13)30(25)21(19)32/h8,11,15H,5-7,9-10H2,1-4H3. The lowest BCUT2D eigenvalue weighted by atomic mass is 9.98. The zero-order chi connectivity index (χ0) is 23.5. The molecule has 2 aromatic rings. The lowest BCUT2D eigenvalue weighted by Gasteiger charge is -2.49. The smallest absolute Gasteiger partial charge is 0.286 e. The second-order valence-corrected chi connectivity index (χ2v) is 11.3. The molecular formula is C21H25ClFI2N5O2. The van der Waals surface area contributed by atoms with E-state index in [0.717, 1.165) is 13.0 Å². The van der Waals surface area contributed by atoms with Gasteiger partial charge in [0.2, 0.25) is 0 Å². The minimum Gasteiger partial charge on any atom is -0.354 e. The van der Waals surface area contributed by atoms with Crippen LogP contribution >= 0.6 is 57.3 Å². The number of anilines is 2. The highest BCUT2D eigenvalue weighted by molar-refractivity contribution is 14.1. The van der Waals surface area contributed by atoms with E-state index in [2.05, 4.69) is 32.9 Å². The van der Waals surface area contributed by atoms with Gasteiger partial charge in [-0.3, -0.25) is 9.59 Å². The molecule has 0 radical (unpaired) electrons. The quantitative estimate of drug-likeness (QED) is 0.362. The molecule has 0 bridgehead atoms. The Hall–Kier alpha value is -0.700. The van der Waals surface area contributed by atoms with Gasteiger partial charge in [0.05, 0.1) is 34.1 Å². The Balaban J connectivity index is 2.01. The van der Waals surface area contributed by atoms with Gasteiger partial charge in [-0.15, -0.1) is 0 Å². The van der Waals surface area contributed by atoms with Crippen molar-refractivity contribution >= 4 is 85.5 Å². The van der Waals surface area contributed by atoms with E-state index in [1.807, 2.05) is 46.8 Å². The Morgan fingerprint density at radius 2 is 1.91 bits per heavy atom. The number of aromatic nitrogens is 1. The number of amides is 1. The molecule has 2 aliphatic rings. The highest BCUT2D eigenvalue weighted by atomic mass is 127. The summed E-state index contributed by atoms with van der Waals surface area (Å²) in [6, 6.07) is 1.45. The molecule has 4 rings (SSSR count). The number of hydrogen-bond acceptors (Lipinski definition) is 5. The molecule has 1 saturated heterocycles. The molecule has 0 saturated carbocycles. The number of halogens is 4. The topological polar surface area (TPSA) is 52.0 Å². The minimum atomic E-state index is -0.505. The molecule has 2 unspecified atom stereocenters. The summed E-state index contributed by atoms with van der Waals surface area (Å²) in [5.41, 5.74) is 1.07. The third kappa shape index (κ3) is 3.93. The van der Waals surface area contributed by atoms with Crippen molar-refractivity contribution in [3.05, 3.63) is 32.8 Å². The molecule has 32 heavy (non-hydrogen) atoms. The number of nitrogens with zero attached hydrogens (tertiary/aromatic N) is 5. The molecule has 11 heteroatoms. The van der Waals surface area contributed by atoms with Crippen molar-refractivity contribution in [2.75, 3.05) is 50.1 Å². The van der Waals surface area contributed by atoms with Gasteiger partial charge in [-0.25, -0.2) is 10.3 Å². The van der Waals surface area contributed by atoms with Gasteiger partial charge >= 0.3 is 0 Å². The number of rotatable bonds is 4. The first-order valence-corrected chi connectivity index (χ1v) is 12.7. The van der Waals surface area contributed by atoms with E-state index < -0.39 is 11.9 Å². The van der Waals surface area contributed by atoms with E-state index in [0.29, 0.717) is 47.0 Å². The number of hydrogen-bond donors (Lipinski definition) is 0. The molecule has 3 heterocycles. The Kier molecular flexibility index (Phi) is 6.99. The van der Waals surface area contributed by atoms with Crippen molar-refractivity contribution in [1.82, 2.24) is 10.8 Å². The molecule has 0 aliphatic carbocycles. The number of piperazine rings is 1. The predicted molar refractivity (Wildman–Crippen MR) is 144 cm³/mol. The fourth-order valence-corrected chi connectivity index (χ4v) is 5.94. The van der Waals surface area contributed by atoms with Crippen LogP contribution in [0.25, 0.3) is 10.9 Å². The van der Waals surface area contributed by atoms with Gasteiger partial charge < -0.3 is 14.7 Å². The van der Waals surface area contributed by atoms with Crippen LogP contribution in [-0.2, 0) is 4.79 Å². The fraction of sp³-hybridized carbons (Fsp3) is 0.524. The molecule has 1 fully saturated rings. The lowest BCUT2D eigenvalue weighted by molar-refractivity contribution is -0.120. The first kappa shape index (κ1) is 24.4. The molecular weight excluding hydrogens is 663 g/mol. The normalized spacial score (nSPS) is 21.5. The maximum atomic E-state index is 15.3. The van der Waals surface area contributed by atoms with Gasteiger partial charge in [-0.05, 0) is 47.0 Å². The van der Waals surface area contributed by atoms with E-state index in [9.17, 15) is 9.59 Å². The second kappa shape index (κ2) is 9.16. The summed E-state index contributed by atoms with van der Waals surface area (Å²) in [6.45, 7) is 5.98. The van der Waals surface area contributed by atoms with Crippen molar-refractivity contribution < 1.29 is 9.18 Å². The van der Waals surface area contributed by atoms with Crippen LogP contribution in [0.1, 0.15) is 18.9 Å². The van der Waals surface area contributed by atoms with E-state index in [1.165, 1.54) is 2.78 Å². The van der Waals surface area contributed by atoms with Crippen molar-refractivity contribution in [1.29, 1.82) is 0 Å². The van der Waals surface area contributed by atoms with E-state index >= 15 is 4.39 Å². The Morgan fingerprint density at radius 1 is 1.22 bits per heavy atom. The van der Waals surface area contributed by atoms with Gasteiger partial charge in [-0.2, -0.15) is 0 Å². The molecule has 0 spiro atoms. The molecule has 2 aliphatic heterocycles. The molecule has 2 atom stereocenters. The third-order valence-electron chi connectivity index (χ3n) is 6.24. The van der Waals surface area contributed by atoms with Crippen molar-refractivity contribution in [2.24, 2.45) is 0 Å². The Morgan fingerprint density at radius 3 is 2.56 bits per heavy atom. The summed E-state index contributed by atoms with van der Waals surface area (Å²) in [4.78, 5) is 32.8. The van der Waals surface area contributed by atoms with E-state index in [1.54, 1.807) is 17.9 Å². The number of carbonyl (C=O) groups excluding carboxylic acids is 1. The average Bonchev–Trinajstić information content (AvgIpc) is 2.72. The van der Waals surface area contributed by atoms with E-state index in [-0.39, 0.29) is 23.0 Å². The van der Waals surface area contributed by atoms with Gasteiger partial charge in [0, 0.05) is 64.5 Å². The van der Waals surface area contributed by atoms with E-state index in [4.69, 9.17) is 11.6 Å². The highest BCUT2D eigenvalue weighted by Gasteiger charge is 2.45. The molecule has 0 N–H and O–H groups in total. The zero-order valence-electron chi connectivity index (χ0n) is 18.3. The Bertz CT molecular complexity index is 1160. The summed E-state index contributed by atoms with van der Waals surface area (Å²) in [5, 5.41) is 0.867. The molecule has 174 valence electrons. The lowest BCUT2D eigenvalue weighted by Crippen LogP contribution is -2.64. The maximum absolute atomic E-state index is 15.3.